The van der Waals surface area contributed by atoms with E-state index in [9.17, 15) is 4.79 Å². The van der Waals surface area contributed by atoms with Crippen LogP contribution in [0.25, 0.3) is 0 Å². The number of hydrogen-bond donors (Lipinski definition) is 0. The Morgan fingerprint density at radius 2 is 2.07 bits per heavy atom. The Balaban J connectivity index is 1.76. The first-order chi connectivity index (χ1) is 13.8. The molecule has 6 unspecified atom stereocenters. The second kappa shape index (κ2) is 5.06. The van der Waals surface area contributed by atoms with Crippen LogP contribution in [0.3, 0.4) is 0 Å². The maximum Gasteiger partial charge on any atom is 0.166 e. The second-order valence-electron chi connectivity index (χ2n) is 9.86. The maximum absolute atomic E-state index is 12.9. The van der Waals surface area contributed by atoms with Gasteiger partial charge in [0.1, 0.15) is 11.4 Å². The van der Waals surface area contributed by atoms with Gasteiger partial charge in [-0.15, -0.1) is 0 Å². The standard InChI is InChI=1S/C24H29NO4/c1-14(26)16-13-22-8-9-24(16,28-5)21(2)23(22)10-11-25(3)18(22)12-15-6-7-17(27-4)20(29-21)19(15)23/h6-9,16,18H,10-13H2,1-5H3. The number of carbonyl (C=O) groups excluding carboxylic acids is 1. The highest BCUT2D eigenvalue weighted by Crippen LogP contribution is 2.78. The normalized spacial score (nSPS) is 45.7. The van der Waals surface area contributed by atoms with Gasteiger partial charge in [0.2, 0.25) is 0 Å². The lowest BCUT2D eigenvalue weighted by Gasteiger charge is -2.74. The van der Waals surface area contributed by atoms with Gasteiger partial charge < -0.3 is 19.1 Å². The molecule has 4 aliphatic carbocycles. The molecule has 0 N–H and O–H groups in total. The van der Waals surface area contributed by atoms with Crippen molar-refractivity contribution in [2.45, 2.75) is 55.8 Å². The molecule has 1 saturated heterocycles. The zero-order chi connectivity index (χ0) is 20.4. The smallest absolute Gasteiger partial charge is 0.166 e. The molecule has 5 nitrogen and oxygen atoms in total. The average molecular weight is 395 g/mol. The Labute approximate surface area is 172 Å². The lowest BCUT2D eigenvalue weighted by atomic mass is 9.33. The van der Waals surface area contributed by atoms with E-state index in [1.165, 1.54) is 11.1 Å². The number of likely N-dealkylation sites (N-methyl/N-ethyl adjacent to an activating group) is 1. The number of fused-ring (bicyclic) bond motifs is 1. The number of carbonyl (C=O) groups is 1. The summed E-state index contributed by atoms with van der Waals surface area (Å²) in [5, 5.41) is 0. The van der Waals surface area contributed by atoms with Crippen molar-refractivity contribution in [1.29, 1.82) is 0 Å². The van der Waals surface area contributed by atoms with Gasteiger partial charge in [-0.3, -0.25) is 4.79 Å². The maximum atomic E-state index is 12.9. The fourth-order valence-electron chi connectivity index (χ4n) is 8.30. The van der Waals surface area contributed by atoms with Crippen molar-refractivity contribution in [2.75, 3.05) is 27.8 Å². The van der Waals surface area contributed by atoms with E-state index >= 15 is 0 Å². The largest absolute Gasteiger partial charge is 0.493 e. The van der Waals surface area contributed by atoms with Crippen molar-refractivity contribution in [3.63, 3.8) is 0 Å². The van der Waals surface area contributed by atoms with Crippen LogP contribution < -0.4 is 9.47 Å². The molecule has 0 amide bonds. The topological polar surface area (TPSA) is 48.0 Å². The SMILES string of the molecule is COc1ccc2c3c1OC1(C)C4(OC)C=CC5(CC4C(C)=O)C(C2)N(C)CCC351. The van der Waals surface area contributed by atoms with Crippen LogP contribution in [0.5, 0.6) is 11.5 Å². The summed E-state index contributed by atoms with van der Waals surface area (Å²) in [6.07, 6.45) is 7.36. The number of rotatable bonds is 3. The van der Waals surface area contributed by atoms with Crippen molar-refractivity contribution in [3.05, 3.63) is 35.4 Å². The van der Waals surface area contributed by atoms with Crippen molar-refractivity contribution in [2.24, 2.45) is 11.3 Å². The summed E-state index contributed by atoms with van der Waals surface area (Å²) < 4.78 is 19.0. The lowest BCUT2D eigenvalue weighted by molar-refractivity contribution is -0.255. The molecule has 5 heteroatoms. The first-order valence-corrected chi connectivity index (χ1v) is 10.7. The van der Waals surface area contributed by atoms with Crippen molar-refractivity contribution in [1.82, 2.24) is 4.90 Å². The fraction of sp³-hybridized carbons (Fsp3) is 0.625. The number of methoxy groups -OCH3 is 2. The zero-order valence-corrected chi connectivity index (χ0v) is 17.9. The third-order valence-corrected chi connectivity index (χ3v) is 9.41. The van der Waals surface area contributed by atoms with E-state index in [0.29, 0.717) is 6.04 Å². The van der Waals surface area contributed by atoms with E-state index in [0.717, 1.165) is 37.3 Å². The van der Waals surface area contributed by atoms with Crippen molar-refractivity contribution in [3.8, 4) is 11.5 Å². The molecule has 2 fully saturated rings. The van der Waals surface area contributed by atoms with Gasteiger partial charge >= 0.3 is 0 Å². The molecule has 6 aliphatic rings. The Bertz CT molecular complexity index is 987. The summed E-state index contributed by atoms with van der Waals surface area (Å²) in [5.74, 6) is 1.62. The third kappa shape index (κ3) is 1.52. The number of nitrogens with zero attached hydrogens (tertiary/aromatic N) is 1. The molecule has 0 aromatic heterocycles. The van der Waals surface area contributed by atoms with Crippen LogP contribution in [0.4, 0.5) is 0 Å². The summed E-state index contributed by atoms with van der Waals surface area (Å²) >= 11 is 0. The van der Waals surface area contributed by atoms with E-state index in [4.69, 9.17) is 14.2 Å². The van der Waals surface area contributed by atoms with Crippen LogP contribution in [0.2, 0.25) is 0 Å². The molecule has 1 aromatic carbocycles. The van der Waals surface area contributed by atoms with E-state index < -0.39 is 11.2 Å². The molecule has 2 spiro atoms. The predicted octanol–water partition coefficient (Wildman–Crippen LogP) is 2.89. The van der Waals surface area contributed by atoms with Crippen molar-refractivity contribution >= 4 is 5.78 Å². The highest BCUT2D eigenvalue weighted by atomic mass is 16.6. The number of ether oxygens (including phenoxy) is 3. The van der Waals surface area contributed by atoms with Gasteiger partial charge in [-0.05, 0) is 58.3 Å². The summed E-state index contributed by atoms with van der Waals surface area (Å²) in [6, 6.07) is 4.61. The van der Waals surface area contributed by atoms with Crippen LogP contribution in [0.1, 0.15) is 37.8 Å². The zero-order valence-electron chi connectivity index (χ0n) is 17.9. The van der Waals surface area contributed by atoms with E-state index in [1.54, 1.807) is 21.1 Å². The number of piperidine rings is 1. The molecule has 0 radical (unpaired) electrons. The number of Topliss-reactive ketones (excluding diaryl/α,β-unsaturated/α-hetero) is 1. The van der Waals surface area contributed by atoms with Gasteiger partial charge in [-0.25, -0.2) is 0 Å². The summed E-state index contributed by atoms with van der Waals surface area (Å²) in [7, 11) is 5.68. The summed E-state index contributed by atoms with van der Waals surface area (Å²) in [6.45, 7) is 4.92. The molecule has 6 atom stereocenters. The number of likely N-dealkylation sites (tertiary alicyclic amines) is 1. The molecule has 1 saturated carbocycles. The molecular weight excluding hydrogens is 366 g/mol. The van der Waals surface area contributed by atoms with Crippen molar-refractivity contribution < 1.29 is 19.0 Å². The van der Waals surface area contributed by atoms with Crippen LogP contribution >= 0.6 is 0 Å². The first kappa shape index (κ1) is 18.0. The molecule has 2 aliphatic heterocycles. The fourth-order valence-corrected chi connectivity index (χ4v) is 8.30. The van der Waals surface area contributed by atoms with Gasteiger partial charge in [-0.2, -0.15) is 0 Å². The van der Waals surface area contributed by atoms with Crippen LogP contribution in [-0.2, 0) is 21.4 Å². The second-order valence-corrected chi connectivity index (χ2v) is 9.86. The monoisotopic (exact) mass is 395 g/mol. The van der Waals surface area contributed by atoms with E-state index in [1.807, 2.05) is 6.07 Å². The van der Waals surface area contributed by atoms with E-state index in [-0.39, 0.29) is 22.5 Å². The Kier molecular flexibility index (Phi) is 3.14. The molecule has 1 aromatic rings. The molecule has 29 heavy (non-hydrogen) atoms. The summed E-state index contributed by atoms with van der Waals surface area (Å²) in [4.78, 5) is 15.4. The summed E-state index contributed by atoms with van der Waals surface area (Å²) in [5.41, 5.74) is 0.875. The number of benzene rings is 1. The molecule has 4 bridgehead atoms. The predicted molar refractivity (Wildman–Crippen MR) is 109 cm³/mol. The quantitative estimate of drug-likeness (QED) is 0.737. The highest BCUT2D eigenvalue weighted by Gasteiger charge is 2.84. The first-order valence-electron chi connectivity index (χ1n) is 10.7. The van der Waals surface area contributed by atoms with Gasteiger partial charge in [0.25, 0.3) is 0 Å². The van der Waals surface area contributed by atoms with Crippen LogP contribution in [0.15, 0.2) is 24.3 Å². The van der Waals surface area contributed by atoms with Gasteiger partial charge in [0, 0.05) is 24.1 Å². The minimum Gasteiger partial charge on any atom is -0.493 e. The van der Waals surface area contributed by atoms with Crippen LogP contribution in [-0.4, -0.2) is 55.7 Å². The van der Waals surface area contributed by atoms with Gasteiger partial charge in [0.15, 0.2) is 17.1 Å². The Morgan fingerprint density at radius 1 is 1.28 bits per heavy atom. The molecular formula is C24H29NO4. The minimum atomic E-state index is -0.778. The molecule has 7 rings (SSSR count). The number of hydrogen-bond acceptors (Lipinski definition) is 5. The lowest BCUT2D eigenvalue weighted by Crippen LogP contribution is -2.84. The van der Waals surface area contributed by atoms with E-state index in [2.05, 4.69) is 37.1 Å². The molecule has 2 heterocycles. The van der Waals surface area contributed by atoms with Crippen LogP contribution in [0, 0.1) is 11.3 Å². The van der Waals surface area contributed by atoms with Gasteiger partial charge in [0.05, 0.1) is 18.4 Å². The Hall–Kier alpha value is -1.85. The van der Waals surface area contributed by atoms with Gasteiger partial charge in [-0.1, -0.05) is 18.2 Å². The number of ketones is 1. The third-order valence-electron chi connectivity index (χ3n) is 9.41. The Morgan fingerprint density at radius 3 is 2.76 bits per heavy atom. The average Bonchev–Trinajstić information content (AvgIpc) is 3.00. The minimum absolute atomic E-state index is 0.143. The highest BCUT2D eigenvalue weighted by molar-refractivity contribution is 5.83. The molecule has 154 valence electrons.